The van der Waals surface area contributed by atoms with Crippen LogP contribution in [-0.4, -0.2) is 16.4 Å². The Labute approximate surface area is 121 Å². The summed E-state index contributed by atoms with van der Waals surface area (Å²) in [4.78, 5) is 6.76. The summed E-state index contributed by atoms with van der Waals surface area (Å²) >= 11 is 1.67. The van der Waals surface area contributed by atoms with E-state index >= 15 is 0 Å². The molecule has 5 heteroatoms. The lowest BCUT2D eigenvalue weighted by atomic mass is 10.3. The van der Waals surface area contributed by atoms with Crippen LogP contribution in [-0.2, 0) is 6.42 Å². The number of imidazole rings is 1. The van der Waals surface area contributed by atoms with Gasteiger partial charge < -0.3 is 9.30 Å². The summed E-state index contributed by atoms with van der Waals surface area (Å²) in [5.41, 5.74) is 4.95. The second-order valence-electron chi connectivity index (χ2n) is 4.61. The molecule has 0 aromatic carbocycles. The molecule has 3 rings (SSSR count). The SMILES string of the molecule is Cc1nc2c(N(C)c3ccsc3)cccn2c1CC#N. The number of aryl methyl sites for hydroxylation is 1. The number of aromatic nitrogens is 2. The highest BCUT2D eigenvalue weighted by Crippen LogP contribution is 2.29. The molecule has 0 aliphatic heterocycles. The first-order chi connectivity index (χ1) is 9.72. The highest BCUT2D eigenvalue weighted by molar-refractivity contribution is 7.08. The van der Waals surface area contributed by atoms with Crippen LogP contribution >= 0.6 is 11.3 Å². The van der Waals surface area contributed by atoms with Crippen LogP contribution in [0.1, 0.15) is 11.4 Å². The van der Waals surface area contributed by atoms with Crippen molar-refractivity contribution in [2.24, 2.45) is 0 Å². The van der Waals surface area contributed by atoms with Crippen LogP contribution in [0.3, 0.4) is 0 Å². The Morgan fingerprint density at radius 1 is 1.45 bits per heavy atom. The Bertz CT molecular complexity index is 780. The number of rotatable bonds is 3. The lowest BCUT2D eigenvalue weighted by Crippen LogP contribution is -2.10. The van der Waals surface area contributed by atoms with Crippen molar-refractivity contribution in [2.75, 3.05) is 11.9 Å². The first-order valence-electron chi connectivity index (χ1n) is 6.32. The molecule has 0 saturated carbocycles. The van der Waals surface area contributed by atoms with Crippen LogP contribution in [0.25, 0.3) is 5.65 Å². The lowest BCUT2D eigenvalue weighted by Gasteiger charge is -2.18. The van der Waals surface area contributed by atoms with Crippen molar-refractivity contribution in [3.05, 3.63) is 46.5 Å². The molecule has 0 unspecified atom stereocenters. The fourth-order valence-electron chi connectivity index (χ4n) is 2.35. The molecule has 0 N–H and O–H groups in total. The summed E-state index contributed by atoms with van der Waals surface area (Å²) in [6.45, 7) is 1.95. The van der Waals surface area contributed by atoms with E-state index in [9.17, 15) is 0 Å². The van der Waals surface area contributed by atoms with E-state index in [1.54, 1.807) is 11.3 Å². The van der Waals surface area contributed by atoms with Crippen molar-refractivity contribution in [1.29, 1.82) is 5.26 Å². The Morgan fingerprint density at radius 2 is 2.30 bits per heavy atom. The van der Waals surface area contributed by atoms with E-state index in [1.165, 1.54) is 0 Å². The minimum atomic E-state index is 0.374. The Kier molecular flexibility index (Phi) is 3.17. The van der Waals surface area contributed by atoms with Crippen LogP contribution in [0.15, 0.2) is 35.2 Å². The van der Waals surface area contributed by atoms with Crippen molar-refractivity contribution in [1.82, 2.24) is 9.38 Å². The molecule has 3 heterocycles. The number of nitrogens with zero attached hydrogens (tertiary/aromatic N) is 4. The van der Waals surface area contributed by atoms with E-state index < -0.39 is 0 Å². The third kappa shape index (κ3) is 1.95. The number of thiophene rings is 1. The van der Waals surface area contributed by atoms with Gasteiger partial charge in [-0.1, -0.05) is 0 Å². The maximum atomic E-state index is 8.95. The van der Waals surface area contributed by atoms with E-state index in [1.807, 2.05) is 30.6 Å². The molecule has 0 radical (unpaired) electrons. The zero-order valence-corrected chi connectivity index (χ0v) is 12.2. The Morgan fingerprint density at radius 3 is 3.00 bits per heavy atom. The molecule has 3 aromatic rings. The van der Waals surface area contributed by atoms with Crippen molar-refractivity contribution in [3.8, 4) is 6.07 Å². The zero-order chi connectivity index (χ0) is 14.1. The molecular formula is C15H14N4S. The van der Waals surface area contributed by atoms with Gasteiger partial charge in [0.1, 0.15) is 0 Å². The van der Waals surface area contributed by atoms with Gasteiger partial charge in [0.05, 0.1) is 35.3 Å². The maximum absolute atomic E-state index is 8.95. The maximum Gasteiger partial charge on any atom is 0.161 e. The van der Waals surface area contributed by atoms with Gasteiger partial charge in [-0.2, -0.15) is 16.6 Å². The van der Waals surface area contributed by atoms with Gasteiger partial charge >= 0.3 is 0 Å². The molecule has 0 bridgehead atoms. The fraction of sp³-hybridized carbons (Fsp3) is 0.200. The first-order valence-corrected chi connectivity index (χ1v) is 7.26. The molecule has 20 heavy (non-hydrogen) atoms. The number of hydrogen-bond donors (Lipinski definition) is 0. The van der Waals surface area contributed by atoms with Crippen molar-refractivity contribution in [3.63, 3.8) is 0 Å². The van der Waals surface area contributed by atoms with Gasteiger partial charge in [-0.25, -0.2) is 4.98 Å². The molecule has 0 fully saturated rings. The van der Waals surface area contributed by atoms with Gasteiger partial charge in [0.15, 0.2) is 5.65 Å². The van der Waals surface area contributed by atoms with Crippen LogP contribution in [0.4, 0.5) is 11.4 Å². The molecule has 4 nitrogen and oxygen atoms in total. The van der Waals surface area contributed by atoms with Crippen molar-refractivity contribution >= 4 is 28.4 Å². The smallest absolute Gasteiger partial charge is 0.161 e. The van der Waals surface area contributed by atoms with Gasteiger partial charge in [0.2, 0.25) is 0 Å². The van der Waals surface area contributed by atoms with E-state index in [2.05, 4.69) is 38.8 Å². The molecule has 0 amide bonds. The largest absolute Gasteiger partial charge is 0.341 e. The molecule has 100 valence electrons. The number of nitriles is 1. The van der Waals surface area contributed by atoms with Gasteiger partial charge in [0, 0.05) is 18.6 Å². The lowest BCUT2D eigenvalue weighted by molar-refractivity contribution is 1.03. The second kappa shape index (κ2) is 4.99. The van der Waals surface area contributed by atoms with Crippen molar-refractivity contribution in [2.45, 2.75) is 13.3 Å². The molecule has 3 aromatic heterocycles. The quantitative estimate of drug-likeness (QED) is 0.738. The summed E-state index contributed by atoms with van der Waals surface area (Å²) in [5.74, 6) is 0. The number of fused-ring (bicyclic) bond motifs is 1. The summed E-state index contributed by atoms with van der Waals surface area (Å²) in [6, 6.07) is 8.33. The Balaban J connectivity index is 2.18. The molecule has 0 spiro atoms. The Hall–Kier alpha value is -2.32. The minimum Gasteiger partial charge on any atom is -0.341 e. The van der Waals surface area contributed by atoms with Crippen LogP contribution in [0.5, 0.6) is 0 Å². The molecule has 0 saturated heterocycles. The van der Waals surface area contributed by atoms with E-state index in [4.69, 9.17) is 5.26 Å². The van der Waals surface area contributed by atoms with E-state index in [0.29, 0.717) is 6.42 Å². The van der Waals surface area contributed by atoms with Gasteiger partial charge in [-0.15, -0.1) is 0 Å². The molecule has 0 atom stereocenters. The highest BCUT2D eigenvalue weighted by atomic mass is 32.1. The fourth-order valence-corrected chi connectivity index (χ4v) is 3.03. The zero-order valence-electron chi connectivity index (χ0n) is 11.4. The van der Waals surface area contributed by atoms with Gasteiger partial charge in [-0.05, 0) is 30.5 Å². The number of pyridine rings is 1. The van der Waals surface area contributed by atoms with E-state index in [0.717, 1.165) is 28.4 Å². The average molecular weight is 282 g/mol. The second-order valence-corrected chi connectivity index (χ2v) is 5.39. The van der Waals surface area contributed by atoms with Crippen molar-refractivity contribution < 1.29 is 0 Å². The van der Waals surface area contributed by atoms with Crippen LogP contribution < -0.4 is 4.90 Å². The third-order valence-electron chi connectivity index (χ3n) is 3.43. The summed E-state index contributed by atoms with van der Waals surface area (Å²) < 4.78 is 2.01. The standard InChI is InChI=1S/C15H14N4S/c1-11-13(5-7-16)19-8-3-4-14(15(19)17-11)18(2)12-6-9-20-10-12/h3-4,6,8-10H,5H2,1-2H3. The summed E-state index contributed by atoms with van der Waals surface area (Å²) in [6.07, 6.45) is 2.34. The normalized spacial score (nSPS) is 10.7. The molecular weight excluding hydrogens is 268 g/mol. The summed E-state index contributed by atoms with van der Waals surface area (Å²) in [5, 5.41) is 13.1. The number of anilines is 2. The minimum absolute atomic E-state index is 0.374. The predicted molar refractivity (Wildman–Crippen MR) is 81.6 cm³/mol. The third-order valence-corrected chi connectivity index (χ3v) is 4.10. The molecule has 0 aliphatic rings. The van der Waals surface area contributed by atoms with Gasteiger partial charge in [-0.3, -0.25) is 0 Å². The average Bonchev–Trinajstić information content (AvgIpc) is 3.07. The number of hydrogen-bond acceptors (Lipinski definition) is 4. The van der Waals surface area contributed by atoms with Gasteiger partial charge in [0.25, 0.3) is 0 Å². The van der Waals surface area contributed by atoms with E-state index in [-0.39, 0.29) is 0 Å². The monoisotopic (exact) mass is 282 g/mol. The predicted octanol–water partition coefficient (Wildman–Crippen LogP) is 3.54. The molecule has 0 aliphatic carbocycles. The van der Waals surface area contributed by atoms with Crippen LogP contribution in [0, 0.1) is 18.3 Å². The topological polar surface area (TPSA) is 44.3 Å². The van der Waals surface area contributed by atoms with Crippen LogP contribution in [0.2, 0.25) is 0 Å². The summed E-state index contributed by atoms with van der Waals surface area (Å²) in [7, 11) is 2.03. The highest BCUT2D eigenvalue weighted by Gasteiger charge is 2.14. The first kappa shape index (κ1) is 12.7.